The Kier molecular flexibility index (Phi) is 4.00. The van der Waals surface area contributed by atoms with Gasteiger partial charge in [0.2, 0.25) is 0 Å². The first-order chi connectivity index (χ1) is 7.70. The van der Waals surface area contributed by atoms with Crippen LogP contribution < -0.4 is 5.56 Å². The van der Waals surface area contributed by atoms with Gasteiger partial charge in [0.05, 0.1) is 3.57 Å². The minimum absolute atomic E-state index is 0.00298. The van der Waals surface area contributed by atoms with Gasteiger partial charge in [-0.2, -0.15) is 0 Å². The minimum Gasteiger partial charge on any atom is -0.309 e. The van der Waals surface area contributed by atoms with Crippen LogP contribution in [0.15, 0.2) is 11.0 Å². The lowest BCUT2D eigenvalue weighted by Crippen LogP contribution is -2.20. The maximum atomic E-state index is 11.5. The molecule has 1 aliphatic rings. The number of rotatable bonds is 2. The Bertz CT molecular complexity index is 408. The molecule has 88 valence electrons. The molecule has 0 bridgehead atoms. The van der Waals surface area contributed by atoms with Crippen molar-refractivity contribution in [1.82, 2.24) is 9.97 Å². The molecule has 0 spiro atoms. The highest BCUT2D eigenvalue weighted by Crippen LogP contribution is 2.35. The summed E-state index contributed by atoms with van der Waals surface area (Å²) in [5.41, 5.74) is 0.00298. The number of nitrogens with one attached hydrogen (secondary N) is 1. The average Bonchev–Trinajstić information content (AvgIpc) is 2.33. The number of aromatic nitrogens is 2. The summed E-state index contributed by atoms with van der Waals surface area (Å²) in [7, 11) is 0. The summed E-state index contributed by atoms with van der Waals surface area (Å²) in [4.78, 5) is 18.8. The number of hydrogen-bond acceptors (Lipinski definition) is 2. The molecule has 0 saturated heterocycles. The van der Waals surface area contributed by atoms with Gasteiger partial charge in [-0.05, 0) is 54.2 Å². The molecule has 3 nitrogen and oxygen atoms in total. The van der Waals surface area contributed by atoms with E-state index in [-0.39, 0.29) is 5.56 Å². The summed E-state index contributed by atoms with van der Waals surface area (Å²) in [6.45, 7) is 2.26. The predicted octanol–water partition coefficient (Wildman–Crippen LogP) is 3.06. The first-order valence-electron chi connectivity index (χ1n) is 5.95. The fourth-order valence-corrected chi connectivity index (χ4v) is 2.72. The monoisotopic (exact) mass is 332 g/mol. The molecule has 0 aliphatic heterocycles. The van der Waals surface area contributed by atoms with E-state index in [4.69, 9.17) is 0 Å². The van der Waals surface area contributed by atoms with Crippen molar-refractivity contribution in [3.05, 3.63) is 25.9 Å². The molecule has 0 aromatic carbocycles. The van der Waals surface area contributed by atoms with E-state index in [0.29, 0.717) is 9.49 Å². The SMILES string of the molecule is CCC1CCC(c2ncc(I)c(=O)[nH]2)CC1. The van der Waals surface area contributed by atoms with Crippen molar-refractivity contribution < 1.29 is 0 Å². The van der Waals surface area contributed by atoms with Crippen LogP contribution >= 0.6 is 22.6 Å². The van der Waals surface area contributed by atoms with Gasteiger partial charge in [0.15, 0.2) is 0 Å². The van der Waals surface area contributed by atoms with Crippen LogP contribution in [0.2, 0.25) is 0 Å². The van der Waals surface area contributed by atoms with Crippen LogP contribution in [0.1, 0.15) is 50.8 Å². The summed E-state index contributed by atoms with van der Waals surface area (Å²) in [6, 6.07) is 0. The van der Waals surface area contributed by atoms with E-state index in [2.05, 4.69) is 16.9 Å². The molecule has 1 heterocycles. The molecule has 1 aliphatic carbocycles. The van der Waals surface area contributed by atoms with E-state index < -0.39 is 0 Å². The van der Waals surface area contributed by atoms with Gasteiger partial charge in [0.25, 0.3) is 5.56 Å². The molecule has 1 saturated carbocycles. The first kappa shape index (κ1) is 12.1. The largest absolute Gasteiger partial charge is 0.309 e. The smallest absolute Gasteiger partial charge is 0.264 e. The van der Waals surface area contributed by atoms with E-state index in [1.807, 2.05) is 22.6 Å². The number of aromatic amines is 1. The molecule has 16 heavy (non-hydrogen) atoms. The highest BCUT2D eigenvalue weighted by atomic mass is 127. The van der Waals surface area contributed by atoms with Gasteiger partial charge in [-0.1, -0.05) is 13.3 Å². The molecule has 0 unspecified atom stereocenters. The second-order valence-electron chi connectivity index (χ2n) is 4.57. The Balaban J connectivity index is 2.08. The van der Waals surface area contributed by atoms with Crippen molar-refractivity contribution in [1.29, 1.82) is 0 Å². The molecule has 4 heteroatoms. The predicted molar refractivity (Wildman–Crippen MR) is 72.6 cm³/mol. The lowest BCUT2D eigenvalue weighted by atomic mass is 9.80. The Hall–Kier alpha value is -0.390. The number of H-pyrrole nitrogens is 1. The van der Waals surface area contributed by atoms with Crippen molar-refractivity contribution in [3.8, 4) is 0 Å². The van der Waals surface area contributed by atoms with Crippen LogP contribution in [0.3, 0.4) is 0 Å². The van der Waals surface area contributed by atoms with Crippen molar-refractivity contribution in [3.63, 3.8) is 0 Å². The fourth-order valence-electron chi connectivity index (χ4n) is 2.44. The summed E-state index contributed by atoms with van der Waals surface area (Å²) in [5, 5.41) is 0. The average molecular weight is 332 g/mol. The van der Waals surface area contributed by atoms with E-state index in [0.717, 1.165) is 11.7 Å². The zero-order valence-corrected chi connectivity index (χ0v) is 11.7. The van der Waals surface area contributed by atoms with Crippen LogP contribution in [0, 0.1) is 9.49 Å². The summed E-state index contributed by atoms with van der Waals surface area (Å²) in [6.07, 6.45) is 7.85. The van der Waals surface area contributed by atoms with Gasteiger partial charge in [0, 0.05) is 12.1 Å². The van der Waals surface area contributed by atoms with Crippen LogP contribution in [-0.4, -0.2) is 9.97 Å². The van der Waals surface area contributed by atoms with Crippen LogP contribution in [0.5, 0.6) is 0 Å². The summed E-state index contributed by atoms with van der Waals surface area (Å²) >= 11 is 2.01. The molecule has 1 aromatic heterocycles. The van der Waals surface area contributed by atoms with Crippen molar-refractivity contribution in [2.75, 3.05) is 0 Å². The number of hydrogen-bond donors (Lipinski definition) is 1. The third-order valence-electron chi connectivity index (χ3n) is 3.59. The van der Waals surface area contributed by atoms with E-state index >= 15 is 0 Å². The quantitative estimate of drug-likeness (QED) is 0.846. The molecule has 2 rings (SSSR count). The highest BCUT2D eigenvalue weighted by molar-refractivity contribution is 14.1. The minimum atomic E-state index is 0.00298. The Morgan fingerprint density at radius 1 is 1.44 bits per heavy atom. The van der Waals surface area contributed by atoms with Gasteiger partial charge in [-0.25, -0.2) is 4.98 Å². The highest BCUT2D eigenvalue weighted by Gasteiger charge is 2.22. The van der Waals surface area contributed by atoms with E-state index in [9.17, 15) is 4.79 Å². The Labute approximate surface area is 109 Å². The van der Waals surface area contributed by atoms with Crippen LogP contribution in [0.25, 0.3) is 0 Å². The van der Waals surface area contributed by atoms with Gasteiger partial charge in [-0.15, -0.1) is 0 Å². The van der Waals surface area contributed by atoms with Crippen molar-refractivity contribution in [2.24, 2.45) is 5.92 Å². The zero-order chi connectivity index (χ0) is 11.5. The lowest BCUT2D eigenvalue weighted by Gasteiger charge is -2.26. The van der Waals surface area contributed by atoms with Gasteiger partial charge < -0.3 is 4.98 Å². The molecule has 0 amide bonds. The first-order valence-corrected chi connectivity index (χ1v) is 7.03. The zero-order valence-electron chi connectivity index (χ0n) is 9.50. The fraction of sp³-hybridized carbons (Fsp3) is 0.667. The lowest BCUT2D eigenvalue weighted by molar-refractivity contribution is 0.312. The second-order valence-corrected chi connectivity index (χ2v) is 5.73. The van der Waals surface area contributed by atoms with Gasteiger partial charge in [0.1, 0.15) is 5.82 Å². The second kappa shape index (κ2) is 5.29. The van der Waals surface area contributed by atoms with Gasteiger partial charge >= 0.3 is 0 Å². The molecule has 1 aromatic rings. The van der Waals surface area contributed by atoms with Gasteiger partial charge in [-0.3, -0.25) is 4.79 Å². The van der Waals surface area contributed by atoms with Crippen molar-refractivity contribution >= 4 is 22.6 Å². The van der Waals surface area contributed by atoms with E-state index in [1.165, 1.54) is 32.1 Å². The van der Waals surface area contributed by atoms with Crippen LogP contribution in [-0.2, 0) is 0 Å². The van der Waals surface area contributed by atoms with Crippen molar-refractivity contribution in [2.45, 2.75) is 44.9 Å². The summed E-state index contributed by atoms with van der Waals surface area (Å²) < 4.78 is 0.670. The molecule has 1 fully saturated rings. The normalized spacial score (nSPS) is 25.6. The maximum absolute atomic E-state index is 11.5. The maximum Gasteiger partial charge on any atom is 0.264 e. The number of nitrogens with zero attached hydrogens (tertiary/aromatic N) is 1. The molecular weight excluding hydrogens is 315 g/mol. The molecule has 0 radical (unpaired) electrons. The topological polar surface area (TPSA) is 45.8 Å². The molecule has 0 atom stereocenters. The molecule has 1 N–H and O–H groups in total. The third kappa shape index (κ3) is 2.64. The summed E-state index contributed by atoms with van der Waals surface area (Å²) in [5.74, 6) is 2.24. The van der Waals surface area contributed by atoms with E-state index in [1.54, 1.807) is 6.20 Å². The molecular formula is C12H17IN2O. The van der Waals surface area contributed by atoms with Crippen LogP contribution in [0.4, 0.5) is 0 Å². The standard InChI is InChI=1S/C12H17IN2O/c1-2-8-3-5-9(6-4-8)11-14-7-10(13)12(16)15-11/h7-9H,2-6H2,1H3,(H,14,15,16). The Morgan fingerprint density at radius 2 is 2.12 bits per heavy atom. The Morgan fingerprint density at radius 3 is 2.69 bits per heavy atom. The number of halogens is 1. The third-order valence-corrected chi connectivity index (χ3v) is 4.35.